The molecule has 0 saturated heterocycles. The average molecular weight is 244 g/mol. The zero-order valence-electron chi connectivity index (χ0n) is 7.19. The summed E-state index contributed by atoms with van der Waals surface area (Å²) in [5, 5.41) is 0. The first-order chi connectivity index (χ1) is 6.20. The topological polar surface area (TPSA) is 26.0 Å². The molecule has 0 bridgehead atoms. The molecule has 0 unspecified atom stereocenters. The number of fused-ring (bicyclic) bond motifs is 1. The lowest BCUT2D eigenvalue weighted by Gasteiger charge is -2.22. The van der Waals surface area contributed by atoms with E-state index in [1.54, 1.807) is 6.07 Å². The molecule has 2 rings (SSSR count). The summed E-state index contributed by atoms with van der Waals surface area (Å²) < 4.78 is 14.1. The van der Waals surface area contributed by atoms with Crippen molar-refractivity contribution in [3.05, 3.63) is 33.5 Å². The van der Waals surface area contributed by atoms with E-state index in [0.29, 0.717) is 4.47 Å². The van der Waals surface area contributed by atoms with Gasteiger partial charge in [0.15, 0.2) is 0 Å². The van der Waals surface area contributed by atoms with E-state index in [1.165, 1.54) is 0 Å². The van der Waals surface area contributed by atoms with Crippen LogP contribution in [0.15, 0.2) is 16.6 Å². The van der Waals surface area contributed by atoms with Gasteiger partial charge in [0.2, 0.25) is 0 Å². The van der Waals surface area contributed by atoms with Crippen molar-refractivity contribution in [2.45, 2.75) is 25.3 Å². The molecule has 0 radical (unpaired) electrons. The van der Waals surface area contributed by atoms with Gasteiger partial charge >= 0.3 is 0 Å². The van der Waals surface area contributed by atoms with Gasteiger partial charge in [-0.3, -0.25) is 0 Å². The molecule has 0 heterocycles. The lowest BCUT2D eigenvalue weighted by Crippen LogP contribution is -2.18. The van der Waals surface area contributed by atoms with Crippen LogP contribution >= 0.6 is 15.9 Å². The standard InChI is InChI=1S/C10H11BrFN/c11-8-5-4-6-7(10(8)12)2-1-3-9(6)13/h4-5,9H,1-3,13H2/t9-/m1/s1. The summed E-state index contributed by atoms with van der Waals surface area (Å²) in [6, 6.07) is 3.68. The minimum Gasteiger partial charge on any atom is -0.324 e. The second kappa shape index (κ2) is 3.39. The molecule has 2 N–H and O–H groups in total. The molecule has 0 spiro atoms. The van der Waals surface area contributed by atoms with Crippen LogP contribution in [0.5, 0.6) is 0 Å². The van der Waals surface area contributed by atoms with Crippen molar-refractivity contribution in [3.63, 3.8) is 0 Å². The molecular formula is C10H11BrFN. The van der Waals surface area contributed by atoms with E-state index in [4.69, 9.17) is 5.73 Å². The fraction of sp³-hybridized carbons (Fsp3) is 0.400. The van der Waals surface area contributed by atoms with Crippen molar-refractivity contribution < 1.29 is 4.39 Å². The summed E-state index contributed by atoms with van der Waals surface area (Å²) in [5.74, 6) is -0.132. The summed E-state index contributed by atoms with van der Waals surface area (Å²) in [5.41, 5.74) is 7.66. The molecule has 13 heavy (non-hydrogen) atoms. The van der Waals surface area contributed by atoms with E-state index in [1.807, 2.05) is 6.07 Å². The van der Waals surface area contributed by atoms with E-state index in [9.17, 15) is 4.39 Å². The summed E-state index contributed by atoms with van der Waals surface area (Å²) in [4.78, 5) is 0. The van der Waals surface area contributed by atoms with Gasteiger partial charge in [-0.25, -0.2) is 4.39 Å². The molecule has 0 fully saturated rings. The molecule has 1 atom stereocenters. The van der Waals surface area contributed by atoms with Crippen molar-refractivity contribution in [1.29, 1.82) is 0 Å². The van der Waals surface area contributed by atoms with Crippen molar-refractivity contribution in [2.24, 2.45) is 5.73 Å². The zero-order valence-corrected chi connectivity index (χ0v) is 8.77. The second-order valence-electron chi connectivity index (χ2n) is 3.43. The highest BCUT2D eigenvalue weighted by Gasteiger charge is 2.20. The largest absolute Gasteiger partial charge is 0.324 e. The van der Waals surface area contributed by atoms with E-state index in [-0.39, 0.29) is 11.9 Å². The summed E-state index contributed by atoms with van der Waals surface area (Å²) >= 11 is 3.18. The van der Waals surface area contributed by atoms with Gasteiger partial charge in [-0.1, -0.05) is 6.07 Å². The third-order valence-electron chi connectivity index (χ3n) is 2.57. The fourth-order valence-electron chi connectivity index (χ4n) is 1.86. The quantitative estimate of drug-likeness (QED) is 0.746. The first-order valence-electron chi connectivity index (χ1n) is 4.42. The number of benzene rings is 1. The van der Waals surface area contributed by atoms with Gasteiger partial charge in [0.05, 0.1) is 4.47 Å². The number of nitrogens with two attached hydrogens (primary N) is 1. The van der Waals surface area contributed by atoms with Crippen LogP contribution in [-0.2, 0) is 6.42 Å². The molecule has 1 nitrogen and oxygen atoms in total. The molecule has 0 aliphatic heterocycles. The number of hydrogen-bond acceptors (Lipinski definition) is 1. The van der Waals surface area contributed by atoms with Crippen LogP contribution in [0.4, 0.5) is 4.39 Å². The van der Waals surface area contributed by atoms with Gasteiger partial charge in [0, 0.05) is 6.04 Å². The molecule has 0 saturated carbocycles. The smallest absolute Gasteiger partial charge is 0.140 e. The maximum Gasteiger partial charge on any atom is 0.140 e. The molecule has 1 aliphatic carbocycles. The minimum absolute atomic E-state index is 0.0198. The van der Waals surface area contributed by atoms with Gasteiger partial charge in [0.1, 0.15) is 5.82 Å². The first kappa shape index (κ1) is 9.16. The monoisotopic (exact) mass is 243 g/mol. The predicted molar refractivity (Wildman–Crippen MR) is 54.0 cm³/mol. The van der Waals surface area contributed by atoms with Crippen LogP contribution in [0.25, 0.3) is 0 Å². The van der Waals surface area contributed by atoms with Gasteiger partial charge in [-0.2, -0.15) is 0 Å². The third kappa shape index (κ3) is 1.51. The van der Waals surface area contributed by atoms with E-state index < -0.39 is 0 Å². The average Bonchev–Trinajstić information content (AvgIpc) is 2.12. The Morgan fingerprint density at radius 2 is 2.23 bits per heavy atom. The minimum atomic E-state index is -0.132. The van der Waals surface area contributed by atoms with Crippen LogP contribution in [0.3, 0.4) is 0 Å². The fourth-order valence-corrected chi connectivity index (χ4v) is 2.23. The van der Waals surface area contributed by atoms with Gasteiger partial charge in [-0.05, 0) is 52.4 Å². The van der Waals surface area contributed by atoms with Crippen LogP contribution in [0.2, 0.25) is 0 Å². The summed E-state index contributed by atoms with van der Waals surface area (Å²) in [6.45, 7) is 0. The Balaban J connectivity index is 2.56. The molecule has 1 aliphatic rings. The zero-order chi connectivity index (χ0) is 9.42. The summed E-state index contributed by atoms with van der Waals surface area (Å²) in [7, 11) is 0. The van der Waals surface area contributed by atoms with Crippen LogP contribution < -0.4 is 5.73 Å². The van der Waals surface area contributed by atoms with Crippen molar-refractivity contribution in [3.8, 4) is 0 Å². The number of halogens is 2. The highest BCUT2D eigenvalue weighted by Crippen LogP contribution is 2.32. The Bertz CT molecular complexity index is 338. The Morgan fingerprint density at radius 1 is 1.46 bits per heavy atom. The number of rotatable bonds is 0. The molecule has 1 aromatic carbocycles. The van der Waals surface area contributed by atoms with E-state index >= 15 is 0 Å². The normalized spacial score (nSPS) is 21.3. The number of hydrogen-bond donors (Lipinski definition) is 1. The second-order valence-corrected chi connectivity index (χ2v) is 4.28. The van der Waals surface area contributed by atoms with Crippen LogP contribution in [0.1, 0.15) is 30.0 Å². The maximum absolute atomic E-state index is 13.6. The third-order valence-corrected chi connectivity index (χ3v) is 3.19. The lowest BCUT2D eigenvalue weighted by atomic mass is 9.88. The lowest BCUT2D eigenvalue weighted by molar-refractivity contribution is 0.529. The van der Waals surface area contributed by atoms with Crippen LogP contribution in [-0.4, -0.2) is 0 Å². The van der Waals surface area contributed by atoms with Crippen molar-refractivity contribution >= 4 is 15.9 Å². The Kier molecular flexibility index (Phi) is 2.39. The predicted octanol–water partition coefficient (Wildman–Crippen LogP) is 2.92. The molecular weight excluding hydrogens is 233 g/mol. The van der Waals surface area contributed by atoms with Crippen LogP contribution in [0, 0.1) is 5.82 Å². The summed E-state index contributed by atoms with van der Waals surface area (Å²) in [6.07, 6.45) is 2.77. The Morgan fingerprint density at radius 3 is 3.00 bits per heavy atom. The molecule has 1 aromatic rings. The Hall–Kier alpha value is -0.410. The highest BCUT2D eigenvalue weighted by atomic mass is 79.9. The van der Waals surface area contributed by atoms with E-state index in [0.717, 1.165) is 30.4 Å². The molecule has 70 valence electrons. The molecule has 0 amide bonds. The van der Waals surface area contributed by atoms with Crippen molar-refractivity contribution in [2.75, 3.05) is 0 Å². The van der Waals surface area contributed by atoms with Crippen molar-refractivity contribution in [1.82, 2.24) is 0 Å². The molecule has 3 heteroatoms. The van der Waals surface area contributed by atoms with Gasteiger partial charge in [-0.15, -0.1) is 0 Å². The Labute approximate surface area is 85.3 Å². The van der Waals surface area contributed by atoms with E-state index in [2.05, 4.69) is 15.9 Å². The maximum atomic E-state index is 13.6. The van der Waals surface area contributed by atoms with Gasteiger partial charge in [0.25, 0.3) is 0 Å². The SMILES string of the molecule is N[C@@H]1CCCc2c1ccc(Br)c2F. The highest BCUT2D eigenvalue weighted by molar-refractivity contribution is 9.10. The first-order valence-corrected chi connectivity index (χ1v) is 5.22. The molecule has 0 aromatic heterocycles. The van der Waals surface area contributed by atoms with Gasteiger partial charge < -0.3 is 5.73 Å².